The Balaban J connectivity index is 1.51. The predicted molar refractivity (Wildman–Crippen MR) is 93.6 cm³/mol. The molecule has 23 heavy (non-hydrogen) atoms. The zero-order valence-corrected chi connectivity index (χ0v) is 14.4. The van der Waals surface area contributed by atoms with Gasteiger partial charge in [-0.1, -0.05) is 17.4 Å². The Morgan fingerprint density at radius 3 is 2.83 bits per heavy atom. The molecule has 3 aromatic rings. The van der Waals surface area contributed by atoms with Crippen molar-refractivity contribution < 1.29 is 4.74 Å². The standard InChI is InChI=1S/C17H20N4OS/c1-11-4-5-14(22-3)15-16(11)23-17(19-15)21-9-13(10-21)8-20-7-6-18-12(20)2/h4-7,13H,8-10H2,1-3H3. The second kappa shape index (κ2) is 5.53. The Hall–Kier alpha value is -2.08. The fraction of sp³-hybridized carbons (Fsp3) is 0.412. The molecular formula is C17H20N4OS. The van der Waals surface area contributed by atoms with Gasteiger partial charge in [0.1, 0.15) is 17.1 Å². The molecular weight excluding hydrogens is 308 g/mol. The second-order valence-corrected chi connectivity index (χ2v) is 7.13. The molecule has 4 rings (SSSR count). The van der Waals surface area contributed by atoms with Gasteiger partial charge in [-0.15, -0.1) is 0 Å². The Kier molecular flexibility index (Phi) is 3.49. The van der Waals surface area contributed by atoms with Gasteiger partial charge in [0.15, 0.2) is 5.13 Å². The van der Waals surface area contributed by atoms with Crippen LogP contribution in [0.15, 0.2) is 24.5 Å². The van der Waals surface area contributed by atoms with E-state index in [1.165, 1.54) is 10.3 Å². The highest BCUT2D eigenvalue weighted by atomic mass is 32.1. The van der Waals surface area contributed by atoms with E-state index in [1.54, 1.807) is 18.4 Å². The lowest BCUT2D eigenvalue weighted by Crippen LogP contribution is -2.48. The number of methoxy groups -OCH3 is 1. The van der Waals surface area contributed by atoms with Crippen molar-refractivity contribution in [3.63, 3.8) is 0 Å². The van der Waals surface area contributed by atoms with E-state index in [9.17, 15) is 0 Å². The van der Waals surface area contributed by atoms with Gasteiger partial charge >= 0.3 is 0 Å². The van der Waals surface area contributed by atoms with E-state index in [2.05, 4.69) is 40.6 Å². The van der Waals surface area contributed by atoms with Crippen LogP contribution in [0, 0.1) is 19.8 Å². The van der Waals surface area contributed by atoms with Gasteiger partial charge in [-0.2, -0.15) is 0 Å². The van der Waals surface area contributed by atoms with Crippen LogP contribution >= 0.6 is 11.3 Å². The highest BCUT2D eigenvalue weighted by Crippen LogP contribution is 2.38. The third-order valence-electron chi connectivity index (χ3n) is 4.52. The fourth-order valence-corrected chi connectivity index (χ4v) is 4.18. The van der Waals surface area contributed by atoms with E-state index in [0.717, 1.165) is 41.9 Å². The summed E-state index contributed by atoms with van der Waals surface area (Å²) in [7, 11) is 1.70. The number of hydrogen-bond donors (Lipinski definition) is 0. The molecule has 0 atom stereocenters. The van der Waals surface area contributed by atoms with Crippen LogP contribution in [0.25, 0.3) is 10.2 Å². The normalized spacial score (nSPS) is 15.2. The van der Waals surface area contributed by atoms with Gasteiger partial charge in [0.25, 0.3) is 0 Å². The summed E-state index contributed by atoms with van der Waals surface area (Å²) >= 11 is 1.77. The van der Waals surface area contributed by atoms with Crippen LogP contribution < -0.4 is 9.64 Å². The van der Waals surface area contributed by atoms with Gasteiger partial charge < -0.3 is 14.2 Å². The van der Waals surface area contributed by atoms with Crippen molar-refractivity contribution in [3.8, 4) is 5.75 Å². The first-order valence-corrected chi connectivity index (χ1v) is 8.64. The maximum atomic E-state index is 5.45. The number of rotatable bonds is 4. The molecule has 5 nitrogen and oxygen atoms in total. The number of benzene rings is 1. The minimum atomic E-state index is 0.665. The SMILES string of the molecule is COc1ccc(C)c2sc(N3CC(Cn4ccnc4C)C3)nc12. The molecule has 0 N–H and O–H groups in total. The fourth-order valence-electron chi connectivity index (χ4n) is 3.11. The summed E-state index contributed by atoms with van der Waals surface area (Å²) in [6.07, 6.45) is 3.93. The number of aromatic nitrogens is 3. The number of anilines is 1. The Labute approximate surface area is 139 Å². The van der Waals surface area contributed by atoms with Crippen LogP contribution in [0.4, 0.5) is 5.13 Å². The summed E-state index contributed by atoms with van der Waals surface area (Å²) in [4.78, 5) is 11.5. The number of nitrogens with zero attached hydrogens (tertiary/aromatic N) is 4. The number of aryl methyl sites for hydroxylation is 2. The molecule has 1 saturated heterocycles. The molecule has 6 heteroatoms. The largest absolute Gasteiger partial charge is 0.494 e. The summed E-state index contributed by atoms with van der Waals surface area (Å²) in [5.41, 5.74) is 2.25. The average Bonchev–Trinajstić information content (AvgIpc) is 3.10. The van der Waals surface area contributed by atoms with Crippen molar-refractivity contribution in [1.29, 1.82) is 0 Å². The molecule has 1 aliphatic heterocycles. The van der Waals surface area contributed by atoms with Gasteiger partial charge in [0.2, 0.25) is 0 Å². The molecule has 1 fully saturated rings. The van der Waals surface area contributed by atoms with Crippen molar-refractivity contribution in [2.75, 3.05) is 25.1 Å². The van der Waals surface area contributed by atoms with Crippen molar-refractivity contribution >= 4 is 26.7 Å². The maximum absolute atomic E-state index is 5.45. The van der Waals surface area contributed by atoms with E-state index in [1.807, 2.05) is 12.3 Å². The predicted octanol–water partition coefficient (Wildman–Crippen LogP) is 3.25. The van der Waals surface area contributed by atoms with Crippen molar-refractivity contribution in [2.45, 2.75) is 20.4 Å². The molecule has 1 aromatic carbocycles. The molecule has 0 spiro atoms. The van der Waals surface area contributed by atoms with Gasteiger partial charge in [-0.25, -0.2) is 9.97 Å². The average molecular weight is 328 g/mol. The molecule has 3 heterocycles. The third-order valence-corrected chi connectivity index (χ3v) is 5.77. The monoisotopic (exact) mass is 328 g/mol. The van der Waals surface area contributed by atoms with Gasteiger partial charge in [-0.3, -0.25) is 0 Å². The molecule has 2 aromatic heterocycles. The zero-order valence-electron chi connectivity index (χ0n) is 13.6. The lowest BCUT2D eigenvalue weighted by molar-refractivity contribution is 0.354. The summed E-state index contributed by atoms with van der Waals surface area (Å²) < 4.78 is 8.91. The summed E-state index contributed by atoms with van der Waals surface area (Å²) in [5, 5.41) is 1.10. The lowest BCUT2D eigenvalue weighted by atomic mass is 10.0. The first kappa shape index (κ1) is 14.5. The van der Waals surface area contributed by atoms with E-state index in [4.69, 9.17) is 9.72 Å². The highest BCUT2D eigenvalue weighted by Gasteiger charge is 2.30. The topological polar surface area (TPSA) is 43.2 Å². The van der Waals surface area contributed by atoms with Crippen molar-refractivity contribution in [3.05, 3.63) is 35.9 Å². The minimum absolute atomic E-state index is 0.665. The van der Waals surface area contributed by atoms with Gasteiger partial charge in [0.05, 0.1) is 11.8 Å². The van der Waals surface area contributed by atoms with Gasteiger partial charge in [-0.05, 0) is 25.5 Å². The molecule has 0 saturated carbocycles. The second-order valence-electron chi connectivity index (χ2n) is 6.16. The minimum Gasteiger partial charge on any atom is -0.494 e. The summed E-state index contributed by atoms with van der Waals surface area (Å²) in [5.74, 6) is 2.61. The number of ether oxygens (including phenoxy) is 1. The van der Waals surface area contributed by atoms with E-state index in [-0.39, 0.29) is 0 Å². The van der Waals surface area contributed by atoms with Crippen LogP contribution in [0.3, 0.4) is 0 Å². The molecule has 0 unspecified atom stereocenters. The van der Waals surface area contributed by atoms with Crippen molar-refractivity contribution in [1.82, 2.24) is 14.5 Å². The molecule has 0 amide bonds. The van der Waals surface area contributed by atoms with Crippen LogP contribution in [0.2, 0.25) is 0 Å². The van der Waals surface area contributed by atoms with Crippen molar-refractivity contribution in [2.24, 2.45) is 5.92 Å². The molecule has 120 valence electrons. The smallest absolute Gasteiger partial charge is 0.186 e. The Morgan fingerprint density at radius 1 is 1.30 bits per heavy atom. The molecule has 1 aliphatic rings. The maximum Gasteiger partial charge on any atom is 0.186 e. The molecule has 0 bridgehead atoms. The first-order valence-electron chi connectivity index (χ1n) is 7.82. The zero-order chi connectivity index (χ0) is 16.0. The quantitative estimate of drug-likeness (QED) is 0.737. The van der Waals surface area contributed by atoms with Crippen LogP contribution in [0.5, 0.6) is 5.75 Å². The van der Waals surface area contributed by atoms with Gasteiger partial charge in [0, 0.05) is 37.9 Å². The summed E-state index contributed by atoms with van der Waals surface area (Å²) in [6, 6.07) is 4.10. The number of fused-ring (bicyclic) bond motifs is 1. The molecule has 0 aliphatic carbocycles. The first-order chi connectivity index (χ1) is 11.2. The van der Waals surface area contributed by atoms with Crippen LogP contribution in [-0.2, 0) is 6.54 Å². The lowest BCUT2D eigenvalue weighted by Gasteiger charge is -2.39. The third kappa shape index (κ3) is 2.47. The summed E-state index contributed by atoms with van der Waals surface area (Å²) in [6.45, 7) is 7.33. The van der Waals surface area contributed by atoms with E-state index >= 15 is 0 Å². The number of thiazole rings is 1. The Morgan fingerprint density at radius 2 is 2.13 bits per heavy atom. The number of imidazole rings is 1. The Bertz CT molecular complexity index is 848. The van der Waals surface area contributed by atoms with Crippen LogP contribution in [0.1, 0.15) is 11.4 Å². The van der Waals surface area contributed by atoms with E-state index in [0.29, 0.717) is 5.92 Å². The number of hydrogen-bond acceptors (Lipinski definition) is 5. The molecule has 0 radical (unpaired) electrons. The van der Waals surface area contributed by atoms with E-state index < -0.39 is 0 Å². The van der Waals surface area contributed by atoms with Crippen LogP contribution in [-0.4, -0.2) is 34.7 Å². The highest BCUT2D eigenvalue weighted by molar-refractivity contribution is 7.22.